The van der Waals surface area contributed by atoms with Crippen LogP contribution in [0.2, 0.25) is 0 Å². The number of rotatable bonds is 4. The maximum absolute atomic E-state index is 11.0. The van der Waals surface area contributed by atoms with E-state index in [9.17, 15) is 4.79 Å². The van der Waals surface area contributed by atoms with E-state index in [0.717, 1.165) is 11.1 Å². The molecular weight excluding hydrogens is 192 g/mol. The maximum atomic E-state index is 11.0. The molecule has 0 spiro atoms. The molecule has 3 heteroatoms. The molecule has 1 aromatic carbocycles. The third kappa shape index (κ3) is 2.36. The Balaban J connectivity index is 3.28. The molecule has 1 aromatic rings. The fourth-order valence-corrected chi connectivity index (χ4v) is 1.76. The second kappa shape index (κ2) is 4.94. The summed E-state index contributed by atoms with van der Waals surface area (Å²) in [5.41, 5.74) is 2.10. The monoisotopic (exact) mass is 208 g/mol. The van der Waals surface area contributed by atoms with E-state index in [-0.39, 0.29) is 12.5 Å². The number of carboxylic acid groups (broad SMARTS) is 1. The van der Waals surface area contributed by atoms with Gasteiger partial charge in [-0.15, -0.1) is 0 Å². The molecule has 0 heterocycles. The highest BCUT2D eigenvalue weighted by molar-refractivity contribution is 5.89. The predicted octanol–water partition coefficient (Wildman–Crippen LogP) is 2.04. The summed E-state index contributed by atoms with van der Waals surface area (Å²) in [5, 5.41) is 18.1. The van der Waals surface area contributed by atoms with Crippen molar-refractivity contribution in [1.29, 1.82) is 0 Å². The van der Waals surface area contributed by atoms with Crippen molar-refractivity contribution in [1.82, 2.24) is 0 Å². The highest BCUT2D eigenvalue weighted by atomic mass is 16.4. The molecular formula is C12H16O3. The van der Waals surface area contributed by atoms with E-state index in [2.05, 4.69) is 0 Å². The molecule has 0 saturated carbocycles. The topological polar surface area (TPSA) is 57.5 Å². The van der Waals surface area contributed by atoms with Crippen LogP contribution in [0.3, 0.4) is 0 Å². The second-order valence-electron chi connectivity index (χ2n) is 3.62. The van der Waals surface area contributed by atoms with Gasteiger partial charge < -0.3 is 10.2 Å². The zero-order valence-electron chi connectivity index (χ0n) is 9.03. The van der Waals surface area contributed by atoms with Crippen molar-refractivity contribution in [2.45, 2.75) is 26.2 Å². The molecule has 0 aliphatic heterocycles. The van der Waals surface area contributed by atoms with Gasteiger partial charge in [-0.1, -0.05) is 26.0 Å². The molecule has 15 heavy (non-hydrogen) atoms. The van der Waals surface area contributed by atoms with Gasteiger partial charge in [-0.05, 0) is 23.6 Å². The molecule has 0 saturated heterocycles. The van der Waals surface area contributed by atoms with Gasteiger partial charge in [0.1, 0.15) is 0 Å². The molecule has 1 unspecified atom stereocenters. The lowest BCUT2D eigenvalue weighted by Gasteiger charge is -2.15. The Morgan fingerprint density at radius 2 is 2.13 bits per heavy atom. The van der Waals surface area contributed by atoms with Crippen LogP contribution in [-0.2, 0) is 6.42 Å². The quantitative estimate of drug-likeness (QED) is 0.796. The van der Waals surface area contributed by atoms with Gasteiger partial charge in [0.05, 0.1) is 5.56 Å². The molecule has 0 radical (unpaired) electrons. The van der Waals surface area contributed by atoms with Crippen molar-refractivity contribution in [2.24, 2.45) is 0 Å². The minimum atomic E-state index is -0.904. The lowest BCUT2D eigenvalue weighted by atomic mass is 9.91. The first-order chi connectivity index (χ1) is 7.11. The number of aliphatic hydroxyl groups is 1. The Bertz CT molecular complexity index is 358. The number of hydrogen-bond donors (Lipinski definition) is 2. The van der Waals surface area contributed by atoms with Crippen LogP contribution in [0.25, 0.3) is 0 Å². The average molecular weight is 208 g/mol. The minimum absolute atomic E-state index is 0.0146. The fraction of sp³-hybridized carbons (Fsp3) is 0.417. The zero-order valence-corrected chi connectivity index (χ0v) is 9.03. The van der Waals surface area contributed by atoms with E-state index in [1.165, 1.54) is 0 Å². The van der Waals surface area contributed by atoms with Crippen molar-refractivity contribution in [2.75, 3.05) is 6.61 Å². The van der Waals surface area contributed by atoms with Crippen LogP contribution in [0.15, 0.2) is 18.2 Å². The summed E-state index contributed by atoms with van der Waals surface area (Å²) in [6, 6.07) is 5.21. The fourth-order valence-electron chi connectivity index (χ4n) is 1.76. The molecule has 0 aliphatic rings. The van der Waals surface area contributed by atoms with Gasteiger partial charge in [0, 0.05) is 12.5 Å². The SMILES string of the molecule is CCc1c(C(=O)O)cccc1C(C)CO. The van der Waals surface area contributed by atoms with Gasteiger partial charge in [-0.25, -0.2) is 4.79 Å². The summed E-state index contributed by atoms with van der Waals surface area (Å²) in [5.74, 6) is -0.918. The van der Waals surface area contributed by atoms with E-state index >= 15 is 0 Å². The summed E-state index contributed by atoms with van der Waals surface area (Å²) in [6.07, 6.45) is 0.669. The van der Waals surface area contributed by atoms with Crippen LogP contribution < -0.4 is 0 Å². The Morgan fingerprint density at radius 1 is 1.47 bits per heavy atom. The van der Waals surface area contributed by atoms with E-state index in [0.29, 0.717) is 12.0 Å². The van der Waals surface area contributed by atoms with Crippen molar-refractivity contribution in [3.05, 3.63) is 34.9 Å². The van der Waals surface area contributed by atoms with Crippen LogP contribution in [0.4, 0.5) is 0 Å². The van der Waals surface area contributed by atoms with Crippen molar-refractivity contribution in [3.63, 3.8) is 0 Å². The van der Waals surface area contributed by atoms with Gasteiger partial charge in [-0.3, -0.25) is 0 Å². The summed E-state index contributed by atoms with van der Waals surface area (Å²) >= 11 is 0. The standard InChI is InChI=1S/C12H16O3/c1-3-9-10(8(2)7-13)5-4-6-11(9)12(14)15/h4-6,8,13H,3,7H2,1-2H3,(H,14,15). The summed E-state index contributed by atoms with van der Waals surface area (Å²) in [7, 11) is 0. The Morgan fingerprint density at radius 3 is 2.60 bits per heavy atom. The molecule has 0 fully saturated rings. The summed E-state index contributed by atoms with van der Waals surface area (Å²) in [6.45, 7) is 3.85. The van der Waals surface area contributed by atoms with Crippen LogP contribution in [0, 0.1) is 0 Å². The van der Waals surface area contributed by atoms with E-state index in [1.807, 2.05) is 19.9 Å². The normalized spacial score (nSPS) is 12.5. The molecule has 3 nitrogen and oxygen atoms in total. The highest BCUT2D eigenvalue weighted by Gasteiger charge is 2.15. The highest BCUT2D eigenvalue weighted by Crippen LogP contribution is 2.23. The average Bonchev–Trinajstić information content (AvgIpc) is 2.26. The number of aromatic carboxylic acids is 1. The largest absolute Gasteiger partial charge is 0.478 e. The predicted molar refractivity (Wildman–Crippen MR) is 58.3 cm³/mol. The van der Waals surface area contributed by atoms with Gasteiger partial charge in [0.15, 0.2) is 0 Å². The molecule has 0 aliphatic carbocycles. The smallest absolute Gasteiger partial charge is 0.335 e. The maximum Gasteiger partial charge on any atom is 0.335 e. The van der Waals surface area contributed by atoms with Crippen molar-refractivity contribution >= 4 is 5.97 Å². The van der Waals surface area contributed by atoms with Crippen molar-refractivity contribution in [3.8, 4) is 0 Å². The Labute approximate surface area is 89.4 Å². The third-order valence-electron chi connectivity index (χ3n) is 2.60. The Hall–Kier alpha value is -1.35. The van der Waals surface area contributed by atoms with Crippen LogP contribution >= 0.6 is 0 Å². The molecule has 1 atom stereocenters. The van der Waals surface area contributed by atoms with E-state index in [1.54, 1.807) is 12.1 Å². The molecule has 2 N–H and O–H groups in total. The van der Waals surface area contributed by atoms with E-state index in [4.69, 9.17) is 10.2 Å². The second-order valence-corrected chi connectivity index (χ2v) is 3.62. The first kappa shape index (κ1) is 11.7. The van der Waals surface area contributed by atoms with Crippen LogP contribution in [-0.4, -0.2) is 22.8 Å². The first-order valence-corrected chi connectivity index (χ1v) is 5.07. The minimum Gasteiger partial charge on any atom is -0.478 e. The number of carbonyl (C=O) groups is 1. The van der Waals surface area contributed by atoms with Gasteiger partial charge in [-0.2, -0.15) is 0 Å². The molecule has 0 bridgehead atoms. The van der Waals surface area contributed by atoms with Crippen LogP contribution in [0.1, 0.15) is 41.3 Å². The van der Waals surface area contributed by atoms with Crippen molar-refractivity contribution < 1.29 is 15.0 Å². The lowest BCUT2D eigenvalue weighted by molar-refractivity contribution is 0.0695. The van der Waals surface area contributed by atoms with Gasteiger partial charge in [0.25, 0.3) is 0 Å². The van der Waals surface area contributed by atoms with Gasteiger partial charge in [0.2, 0.25) is 0 Å². The number of aliphatic hydroxyl groups excluding tert-OH is 1. The van der Waals surface area contributed by atoms with Gasteiger partial charge >= 0.3 is 5.97 Å². The summed E-state index contributed by atoms with van der Waals surface area (Å²) < 4.78 is 0. The number of carboxylic acids is 1. The molecule has 82 valence electrons. The molecule has 0 amide bonds. The van der Waals surface area contributed by atoms with Crippen LogP contribution in [0.5, 0.6) is 0 Å². The van der Waals surface area contributed by atoms with E-state index < -0.39 is 5.97 Å². The first-order valence-electron chi connectivity index (χ1n) is 5.07. The third-order valence-corrected chi connectivity index (χ3v) is 2.60. The zero-order chi connectivity index (χ0) is 11.4. The molecule has 1 rings (SSSR count). The number of benzene rings is 1. The Kier molecular flexibility index (Phi) is 3.86. The lowest BCUT2D eigenvalue weighted by Crippen LogP contribution is -2.09. The molecule has 0 aromatic heterocycles. The summed E-state index contributed by atoms with van der Waals surface area (Å²) in [4.78, 5) is 11.0. The number of hydrogen-bond acceptors (Lipinski definition) is 2.